The van der Waals surface area contributed by atoms with E-state index in [0.717, 1.165) is 51.5 Å². The summed E-state index contributed by atoms with van der Waals surface area (Å²) in [5.74, 6) is 0.0140. The van der Waals surface area contributed by atoms with Gasteiger partial charge < -0.3 is 24.5 Å². The molecule has 1 aliphatic heterocycles. The Morgan fingerprint density at radius 3 is 2.82 bits per heavy atom. The van der Waals surface area contributed by atoms with Gasteiger partial charge in [0.15, 0.2) is 0 Å². The smallest absolute Gasteiger partial charge is 0.252 e. The molecule has 0 saturated carbocycles. The molecule has 0 fully saturated rings. The maximum atomic E-state index is 13.1. The molecule has 6 rings (SSSR count). The summed E-state index contributed by atoms with van der Waals surface area (Å²) in [6.45, 7) is 3.03. The van der Waals surface area contributed by atoms with Crippen LogP contribution in [0.3, 0.4) is 0 Å². The molecule has 174 valence electrons. The topological polar surface area (TPSA) is 72.7 Å². The molecule has 0 radical (unpaired) electrons. The van der Waals surface area contributed by atoms with Gasteiger partial charge in [0, 0.05) is 55.1 Å². The van der Waals surface area contributed by atoms with Gasteiger partial charge in [-0.3, -0.25) is 4.79 Å². The molecule has 0 atom stereocenters. The lowest BCUT2D eigenvalue weighted by atomic mass is 9.92. The minimum Gasteiger partial charge on any atom is -0.396 e. The number of fused-ring (bicyclic) bond motifs is 10. The summed E-state index contributed by atoms with van der Waals surface area (Å²) in [4.78, 5) is 13.1. The second-order valence-electron chi connectivity index (χ2n) is 9.07. The highest BCUT2D eigenvalue weighted by Gasteiger charge is 2.35. The largest absolute Gasteiger partial charge is 0.396 e. The molecule has 34 heavy (non-hydrogen) atoms. The summed E-state index contributed by atoms with van der Waals surface area (Å²) in [5.41, 5.74) is 10.1. The van der Waals surface area contributed by atoms with E-state index in [-0.39, 0.29) is 12.5 Å². The highest BCUT2D eigenvalue weighted by molar-refractivity contribution is 6.20. The molecule has 6 heteroatoms. The van der Waals surface area contributed by atoms with Crippen molar-refractivity contribution in [1.82, 2.24) is 9.88 Å². The Kier molecular flexibility index (Phi) is 5.37. The van der Waals surface area contributed by atoms with Crippen molar-refractivity contribution < 1.29 is 19.4 Å². The summed E-state index contributed by atoms with van der Waals surface area (Å²) in [6.07, 6.45) is 1.49. The number of hydrogen-bond donors (Lipinski definition) is 2. The van der Waals surface area contributed by atoms with Crippen LogP contribution < -0.4 is 5.32 Å². The molecule has 1 amide bonds. The average Bonchev–Trinajstić information content (AvgIpc) is 3.51. The van der Waals surface area contributed by atoms with Gasteiger partial charge in [0.1, 0.15) is 0 Å². The van der Waals surface area contributed by atoms with Crippen LogP contribution in [0.4, 0.5) is 0 Å². The Labute approximate surface area is 198 Å². The molecular formula is C28H28N2O4. The van der Waals surface area contributed by atoms with Crippen molar-refractivity contribution in [3.05, 3.63) is 70.3 Å². The first-order valence-corrected chi connectivity index (χ1v) is 11.9. The number of aryl methyl sites for hydroxylation is 1. The van der Waals surface area contributed by atoms with Crippen LogP contribution in [0.1, 0.15) is 39.0 Å². The van der Waals surface area contributed by atoms with E-state index < -0.39 is 0 Å². The fourth-order valence-electron chi connectivity index (χ4n) is 5.71. The lowest BCUT2D eigenvalue weighted by Gasteiger charge is -2.13. The van der Waals surface area contributed by atoms with Crippen molar-refractivity contribution in [2.75, 3.05) is 26.9 Å². The lowest BCUT2D eigenvalue weighted by Crippen LogP contribution is -2.13. The van der Waals surface area contributed by atoms with Crippen molar-refractivity contribution >= 4 is 27.7 Å². The number of aromatic nitrogens is 1. The number of carbonyl (C=O) groups excluding carboxylic acids is 1. The maximum absolute atomic E-state index is 13.1. The van der Waals surface area contributed by atoms with E-state index in [2.05, 4.69) is 52.3 Å². The number of methoxy groups -OCH3 is 1. The highest BCUT2D eigenvalue weighted by atomic mass is 16.5. The van der Waals surface area contributed by atoms with E-state index in [0.29, 0.717) is 32.8 Å². The van der Waals surface area contributed by atoms with E-state index in [1.165, 1.54) is 22.2 Å². The fourth-order valence-corrected chi connectivity index (χ4v) is 5.71. The van der Waals surface area contributed by atoms with E-state index in [9.17, 15) is 9.90 Å². The summed E-state index contributed by atoms with van der Waals surface area (Å²) in [5, 5.41) is 15.0. The zero-order valence-corrected chi connectivity index (χ0v) is 19.3. The van der Waals surface area contributed by atoms with Gasteiger partial charge in [-0.25, -0.2) is 0 Å². The van der Waals surface area contributed by atoms with Gasteiger partial charge in [0.25, 0.3) is 5.91 Å². The first-order valence-electron chi connectivity index (χ1n) is 11.9. The standard InChI is InChI=1S/C28H28N2O4/c1-33-11-12-34-16-17-7-8-23-20(13-17)25-22-15-29-28(32)26(22)24-19-6-3-2-5-18(19)14-21(24)27(25)30(23)9-4-10-31/h2-3,5-8,13,31H,4,9-12,14-16H2,1H3,(H,29,32). The molecule has 6 nitrogen and oxygen atoms in total. The van der Waals surface area contributed by atoms with Crippen LogP contribution in [0.25, 0.3) is 32.9 Å². The zero-order chi connectivity index (χ0) is 23.2. The first-order chi connectivity index (χ1) is 16.7. The number of carbonyl (C=O) groups is 1. The van der Waals surface area contributed by atoms with Gasteiger partial charge in [0.2, 0.25) is 0 Å². The number of amides is 1. The number of rotatable bonds is 8. The van der Waals surface area contributed by atoms with Gasteiger partial charge in [-0.05, 0) is 46.4 Å². The number of ether oxygens (including phenoxy) is 2. The Hall–Kier alpha value is -3.19. The quantitative estimate of drug-likeness (QED) is 0.344. The zero-order valence-electron chi connectivity index (χ0n) is 19.3. The second kappa shape index (κ2) is 8.55. The third-order valence-electron chi connectivity index (χ3n) is 7.12. The van der Waals surface area contributed by atoms with Crippen LogP contribution in [0.5, 0.6) is 0 Å². The predicted molar refractivity (Wildman–Crippen MR) is 132 cm³/mol. The number of aliphatic hydroxyl groups is 1. The fraction of sp³-hybridized carbons (Fsp3) is 0.321. The Morgan fingerprint density at radius 1 is 1.09 bits per heavy atom. The molecule has 1 aliphatic carbocycles. The molecule has 0 saturated heterocycles. The normalized spacial score (nSPS) is 14.0. The van der Waals surface area contributed by atoms with Crippen LogP contribution in [-0.4, -0.2) is 42.5 Å². The molecule has 2 heterocycles. The van der Waals surface area contributed by atoms with E-state index in [4.69, 9.17) is 9.47 Å². The van der Waals surface area contributed by atoms with Gasteiger partial charge >= 0.3 is 0 Å². The third kappa shape index (κ3) is 3.17. The molecule has 0 spiro atoms. The number of hydrogen-bond acceptors (Lipinski definition) is 4. The molecule has 0 unspecified atom stereocenters. The maximum Gasteiger partial charge on any atom is 0.252 e. The number of benzene rings is 3. The van der Waals surface area contributed by atoms with Crippen molar-refractivity contribution in [3.8, 4) is 11.1 Å². The average molecular weight is 457 g/mol. The predicted octanol–water partition coefficient (Wildman–Crippen LogP) is 4.15. The van der Waals surface area contributed by atoms with E-state index in [1.54, 1.807) is 7.11 Å². The van der Waals surface area contributed by atoms with Crippen LogP contribution >= 0.6 is 0 Å². The first kappa shape index (κ1) is 21.4. The Morgan fingerprint density at radius 2 is 1.97 bits per heavy atom. The van der Waals surface area contributed by atoms with Crippen molar-refractivity contribution in [2.45, 2.75) is 32.5 Å². The third-order valence-corrected chi connectivity index (χ3v) is 7.12. The van der Waals surface area contributed by atoms with Crippen LogP contribution in [0.2, 0.25) is 0 Å². The van der Waals surface area contributed by atoms with Crippen molar-refractivity contribution in [1.29, 1.82) is 0 Å². The van der Waals surface area contributed by atoms with E-state index >= 15 is 0 Å². The number of nitrogens with zero attached hydrogens (tertiary/aromatic N) is 1. The van der Waals surface area contributed by atoms with Crippen molar-refractivity contribution in [3.63, 3.8) is 0 Å². The monoisotopic (exact) mass is 456 g/mol. The van der Waals surface area contributed by atoms with Gasteiger partial charge in [-0.15, -0.1) is 0 Å². The molecule has 4 aromatic rings. The Bertz CT molecular complexity index is 1440. The van der Waals surface area contributed by atoms with E-state index in [1.807, 2.05) is 0 Å². The van der Waals surface area contributed by atoms with Gasteiger partial charge in [0.05, 0.1) is 30.9 Å². The summed E-state index contributed by atoms with van der Waals surface area (Å²) in [6, 6.07) is 14.9. The summed E-state index contributed by atoms with van der Waals surface area (Å²) < 4.78 is 13.2. The molecule has 0 bridgehead atoms. The molecule has 2 N–H and O–H groups in total. The Balaban J connectivity index is 1.63. The summed E-state index contributed by atoms with van der Waals surface area (Å²) >= 11 is 0. The SMILES string of the molecule is COCCOCc1ccc2c(c1)c1c3c(c4c(c1n2CCCO)Cc1ccccc1-4)C(=O)NC3. The minimum absolute atomic E-state index is 0.0140. The minimum atomic E-state index is 0.0140. The molecule has 1 aromatic heterocycles. The highest BCUT2D eigenvalue weighted by Crippen LogP contribution is 2.48. The number of aliphatic hydroxyl groups excluding tert-OH is 1. The van der Waals surface area contributed by atoms with Crippen molar-refractivity contribution in [2.24, 2.45) is 0 Å². The van der Waals surface area contributed by atoms with Crippen LogP contribution in [-0.2, 0) is 35.6 Å². The van der Waals surface area contributed by atoms with Crippen LogP contribution in [0.15, 0.2) is 42.5 Å². The summed E-state index contributed by atoms with van der Waals surface area (Å²) in [7, 11) is 1.67. The molecule has 2 aliphatic rings. The second-order valence-corrected chi connectivity index (χ2v) is 9.07. The van der Waals surface area contributed by atoms with Gasteiger partial charge in [-0.2, -0.15) is 0 Å². The number of nitrogens with one attached hydrogen (secondary N) is 1. The lowest BCUT2D eigenvalue weighted by molar-refractivity contribution is 0.0617. The van der Waals surface area contributed by atoms with Crippen LogP contribution in [0, 0.1) is 0 Å². The molecular weight excluding hydrogens is 428 g/mol. The molecule has 3 aromatic carbocycles. The van der Waals surface area contributed by atoms with Gasteiger partial charge in [-0.1, -0.05) is 30.3 Å².